The highest BCUT2D eigenvalue weighted by Crippen LogP contribution is 2.29. The van der Waals surface area contributed by atoms with Gasteiger partial charge >= 0.3 is 5.97 Å². The second-order valence-corrected chi connectivity index (χ2v) is 5.85. The Hall–Kier alpha value is -2.34. The van der Waals surface area contributed by atoms with Crippen LogP contribution in [0.25, 0.3) is 11.0 Å². The fourth-order valence-corrected chi connectivity index (χ4v) is 2.95. The van der Waals surface area contributed by atoms with Crippen LogP contribution in [0.3, 0.4) is 0 Å². The normalized spacial score (nSPS) is 18.3. The Kier molecular flexibility index (Phi) is 4.09. The molecule has 1 aliphatic heterocycles. The molecular weight excluding hydrogens is 298 g/mol. The van der Waals surface area contributed by atoms with Gasteiger partial charge in [-0.15, -0.1) is 0 Å². The maximum Gasteiger partial charge on any atom is 0.306 e. The van der Waals surface area contributed by atoms with Gasteiger partial charge in [-0.25, -0.2) is 0 Å². The molecule has 6 heteroatoms. The molecule has 1 aromatic carbocycles. The van der Waals surface area contributed by atoms with E-state index >= 15 is 0 Å². The fraction of sp³-hybridized carbons (Fsp3) is 0.412. The van der Waals surface area contributed by atoms with Crippen LogP contribution >= 0.6 is 0 Å². The van der Waals surface area contributed by atoms with Gasteiger partial charge in [0.15, 0.2) is 5.76 Å². The topological polar surface area (TPSA) is 80.0 Å². The summed E-state index contributed by atoms with van der Waals surface area (Å²) in [5.74, 6) is -0.818. The predicted molar refractivity (Wildman–Crippen MR) is 83.6 cm³/mol. The van der Waals surface area contributed by atoms with Crippen molar-refractivity contribution >= 4 is 22.8 Å². The van der Waals surface area contributed by atoms with Crippen molar-refractivity contribution in [1.29, 1.82) is 0 Å². The Labute approximate surface area is 133 Å². The number of carbonyl (C=O) groups is 2. The molecule has 6 nitrogen and oxygen atoms in total. The van der Waals surface area contributed by atoms with E-state index in [-0.39, 0.29) is 18.9 Å². The number of fused-ring (bicyclic) bond motifs is 1. The van der Waals surface area contributed by atoms with Crippen molar-refractivity contribution in [1.82, 2.24) is 4.90 Å². The molecule has 1 aromatic heterocycles. The van der Waals surface area contributed by atoms with E-state index in [0.29, 0.717) is 18.9 Å². The number of rotatable bonds is 3. The minimum absolute atomic E-state index is 0.109. The van der Waals surface area contributed by atoms with Gasteiger partial charge in [-0.2, -0.15) is 0 Å². The lowest BCUT2D eigenvalue weighted by Gasteiger charge is -2.31. The second-order valence-electron chi connectivity index (χ2n) is 5.85. The number of para-hydroxylation sites is 1. The van der Waals surface area contributed by atoms with Crippen molar-refractivity contribution < 1.29 is 23.8 Å². The van der Waals surface area contributed by atoms with Crippen LogP contribution in [0, 0.1) is 13.8 Å². The molecule has 0 radical (unpaired) electrons. The summed E-state index contributed by atoms with van der Waals surface area (Å²) in [7, 11) is 0. The Morgan fingerprint density at radius 2 is 2.13 bits per heavy atom. The number of amides is 1. The van der Waals surface area contributed by atoms with Crippen molar-refractivity contribution in [2.75, 3.05) is 19.7 Å². The highest BCUT2D eigenvalue weighted by atomic mass is 16.5. The van der Waals surface area contributed by atoms with Crippen molar-refractivity contribution in [3.05, 3.63) is 35.1 Å². The number of carbonyl (C=O) groups excluding carboxylic acids is 1. The second kappa shape index (κ2) is 6.04. The summed E-state index contributed by atoms with van der Waals surface area (Å²) in [4.78, 5) is 25.2. The number of hydrogen-bond donors (Lipinski definition) is 1. The molecule has 23 heavy (non-hydrogen) atoms. The molecule has 0 bridgehead atoms. The average Bonchev–Trinajstić information content (AvgIpc) is 2.85. The van der Waals surface area contributed by atoms with Gasteiger partial charge in [0.05, 0.1) is 19.1 Å². The molecule has 0 aliphatic carbocycles. The molecule has 0 saturated carbocycles. The fourth-order valence-electron chi connectivity index (χ4n) is 2.95. The number of carboxylic acids is 1. The van der Waals surface area contributed by atoms with Crippen molar-refractivity contribution in [2.24, 2.45) is 0 Å². The summed E-state index contributed by atoms with van der Waals surface area (Å²) in [5.41, 5.74) is 2.52. The van der Waals surface area contributed by atoms with Crippen LogP contribution < -0.4 is 0 Å². The van der Waals surface area contributed by atoms with E-state index in [0.717, 1.165) is 22.1 Å². The van der Waals surface area contributed by atoms with Crippen LogP contribution in [0.15, 0.2) is 22.6 Å². The zero-order valence-corrected chi connectivity index (χ0v) is 13.2. The zero-order valence-electron chi connectivity index (χ0n) is 13.2. The Morgan fingerprint density at radius 3 is 2.83 bits per heavy atom. The number of aliphatic carboxylic acids is 1. The van der Waals surface area contributed by atoms with Gasteiger partial charge in [-0.1, -0.05) is 18.2 Å². The van der Waals surface area contributed by atoms with E-state index < -0.39 is 12.1 Å². The SMILES string of the molecule is Cc1c(C(=O)N2CCOC(CC(=O)O)C2)oc2c(C)cccc12. The number of ether oxygens (including phenoxy) is 1. The van der Waals surface area contributed by atoms with Crippen molar-refractivity contribution in [3.8, 4) is 0 Å². The van der Waals surface area contributed by atoms with Gasteiger partial charge in [0, 0.05) is 24.0 Å². The van der Waals surface area contributed by atoms with E-state index in [1.54, 1.807) is 4.90 Å². The Morgan fingerprint density at radius 1 is 1.35 bits per heavy atom. The maximum atomic E-state index is 12.8. The molecule has 3 rings (SSSR count). The van der Waals surface area contributed by atoms with E-state index in [1.807, 2.05) is 32.0 Å². The first-order valence-electron chi connectivity index (χ1n) is 7.58. The van der Waals surface area contributed by atoms with Gasteiger partial charge in [0.1, 0.15) is 5.58 Å². The third kappa shape index (κ3) is 2.94. The van der Waals surface area contributed by atoms with Gasteiger partial charge < -0.3 is 19.2 Å². The third-order valence-electron chi connectivity index (χ3n) is 4.18. The van der Waals surface area contributed by atoms with E-state index in [9.17, 15) is 9.59 Å². The third-order valence-corrected chi connectivity index (χ3v) is 4.18. The molecule has 2 heterocycles. The maximum absolute atomic E-state index is 12.8. The summed E-state index contributed by atoms with van der Waals surface area (Å²) in [5, 5.41) is 9.81. The molecule has 1 unspecified atom stereocenters. The monoisotopic (exact) mass is 317 g/mol. The quantitative estimate of drug-likeness (QED) is 0.940. The molecular formula is C17H19NO5. The summed E-state index contributed by atoms with van der Waals surface area (Å²) in [6.07, 6.45) is -0.584. The zero-order chi connectivity index (χ0) is 16.6. The van der Waals surface area contributed by atoms with Crippen LogP contribution in [-0.4, -0.2) is 47.7 Å². The highest BCUT2D eigenvalue weighted by Gasteiger charge is 2.29. The van der Waals surface area contributed by atoms with Crippen LogP contribution in [0.5, 0.6) is 0 Å². The largest absolute Gasteiger partial charge is 0.481 e. The summed E-state index contributed by atoms with van der Waals surface area (Å²) < 4.78 is 11.2. The highest BCUT2D eigenvalue weighted by molar-refractivity contribution is 5.99. The van der Waals surface area contributed by atoms with Crippen molar-refractivity contribution in [3.63, 3.8) is 0 Å². The van der Waals surface area contributed by atoms with Gasteiger partial charge in [-0.3, -0.25) is 9.59 Å². The smallest absolute Gasteiger partial charge is 0.306 e. The lowest BCUT2D eigenvalue weighted by Crippen LogP contribution is -2.46. The number of aryl methyl sites for hydroxylation is 2. The predicted octanol–water partition coefficient (Wildman–Crippen LogP) is 2.37. The van der Waals surface area contributed by atoms with E-state index in [2.05, 4.69) is 0 Å². The number of carboxylic acid groups (broad SMARTS) is 1. The van der Waals surface area contributed by atoms with Crippen molar-refractivity contribution in [2.45, 2.75) is 26.4 Å². The number of benzene rings is 1. The molecule has 2 aromatic rings. The lowest BCUT2D eigenvalue weighted by atomic mass is 10.1. The number of furan rings is 1. The molecule has 1 saturated heterocycles. The first-order chi connectivity index (χ1) is 11.0. The first kappa shape index (κ1) is 15.6. The van der Waals surface area contributed by atoms with Gasteiger partial charge in [0.25, 0.3) is 5.91 Å². The molecule has 1 amide bonds. The van der Waals surface area contributed by atoms with Crippen LogP contribution in [-0.2, 0) is 9.53 Å². The first-order valence-corrected chi connectivity index (χ1v) is 7.58. The molecule has 1 atom stereocenters. The van der Waals surface area contributed by atoms with Gasteiger partial charge in [0.2, 0.25) is 0 Å². The molecule has 1 fully saturated rings. The van der Waals surface area contributed by atoms with Crippen LogP contribution in [0.2, 0.25) is 0 Å². The standard InChI is InChI=1S/C17H19NO5/c1-10-4-3-5-13-11(2)16(23-15(10)13)17(21)18-6-7-22-12(9-18)8-14(19)20/h3-5,12H,6-9H2,1-2H3,(H,19,20). The number of morpholine rings is 1. The van der Waals surface area contributed by atoms with Gasteiger partial charge in [-0.05, 0) is 19.4 Å². The molecule has 122 valence electrons. The number of nitrogens with zero attached hydrogens (tertiary/aromatic N) is 1. The molecule has 0 spiro atoms. The summed E-state index contributed by atoms with van der Waals surface area (Å²) in [6, 6.07) is 5.81. The minimum atomic E-state index is -0.931. The summed E-state index contributed by atoms with van der Waals surface area (Å²) >= 11 is 0. The molecule has 1 N–H and O–H groups in total. The lowest BCUT2D eigenvalue weighted by molar-refractivity contribution is -0.141. The Bertz CT molecular complexity index is 764. The average molecular weight is 317 g/mol. The van der Waals surface area contributed by atoms with E-state index in [4.69, 9.17) is 14.3 Å². The molecule has 1 aliphatic rings. The minimum Gasteiger partial charge on any atom is -0.481 e. The summed E-state index contributed by atoms with van der Waals surface area (Å²) in [6.45, 7) is 4.85. The number of hydrogen-bond acceptors (Lipinski definition) is 4. The van der Waals surface area contributed by atoms with Crippen LogP contribution in [0.4, 0.5) is 0 Å². The van der Waals surface area contributed by atoms with Crippen LogP contribution in [0.1, 0.15) is 28.1 Å². The Balaban J connectivity index is 1.87. The van der Waals surface area contributed by atoms with E-state index in [1.165, 1.54) is 0 Å².